The maximum Gasteiger partial charge on any atom is 0.119 e. The van der Waals surface area contributed by atoms with Gasteiger partial charge in [-0.25, -0.2) is 4.68 Å². The fourth-order valence-corrected chi connectivity index (χ4v) is 1.90. The third-order valence-electron chi connectivity index (χ3n) is 3.02. The quantitative estimate of drug-likeness (QED) is 0.848. The summed E-state index contributed by atoms with van der Waals surface area (Å²) in [6.45, 7) is 2.40. The SMILES string of the molecule is COc1ccc(-n2ncc(C(N)CN)c2C)cc1. The molecule has 0 aliphatic rings. The molecule has 0 spiro atoms. The minimum absolute atomic E-state index is 0.169. The molecule has 2 rings (SSSR count). The lowest BCUT2D eigenvalue weighted by molar-refractivity contribution is 0.414. The topological polar surface area (TPSA) is 79.1 Å². The van der Waals surface area contributed by atoms with Crippen molar-refractivity contribution in [2.45, 2.75) is 13.0 Å². The number of aromatic nitrogens is 2. The molecule has 18 heavy (non-hydrogen) atoms. The number of methoxy groups -OCH3 is 1. The van der Waals surface area contributed by atoms with Gasteiger partial charge in [-0.2, -0.15) is 5.10 Å². The van der Waals surface area contributed by atoms with Gasteiger partial charge in [-0.3, -0.25) is 0 Å². The van der Waals surface area contributed by atoms with Crippen LogP contribution in [0.3, 0.4) is 0 Å². The highest BCUT2D eigenvalue weighted by atomic mass is 16.5. The van der Waals surface area contributed by atoms with Crippen LogP contribution in [0, 0.1) is 6.92 Å². The fraction of sp³-hybridized carbons (Fsp3) is 0.308. The van der Waals surface area contributed by atoms with Crippen LogP contribution in [0.1, 0.15) is 17.3 Å². The van der Waals surface area contributed by atoms with Crippen molar-refractivity contribution in [1.29, 1.82) is 0 Å². The van der Waals surface area contributed by atoms with Gasteiger partial charge in [0.05, 0.1) is 19.0 Å². The second kappa shape index (κ2) is 5.20. The van der Waals surface area contributed by atoms with Crippen molar-refractivity contribution in [2.75, 3.05) is 13.7 Å². The van der Waals surface area contributed by atoms with E-state index in [0.717, 1.165) is 22.7 Å². The summed E-state index contributed by atoms with van der Waals surface area (Å²) >= 11 is 0. The minimum atomic E-state index is -0.169. The Labute approximate surface area is 106 Å². The molecule has 4 N–H and O–H groups in total. The van der Waals surface area contributed by atoms with E-state index < -0.39 is 0 Å². The monoisotopic (exact) mass is 246 g/mol. The van der Waals surface area contributed by atoms with Crippen LogP contribution in [-0.2, 0) is 0 Å². The Morgan fingerprint density at radius 2 is 2.00 bits per heavy atom. The minimum Gasteiger partial charge on any atom is -0.497 e. The molecular weight excluding hydrogens is 228 g/mol. The van der Waals surface area contributed by atoms with E-state index in [-0.39, 0.29) is 6.04 Å². The average molecular weight is 246 g/mol. The lowest BCUT2D eigenvalue weighted by atomic mass is 10.1. The number of nitrogens with zero attached hydrogens (tertiary/aromatic N) is 2. The molecule has 5 heteroatoms. The Morgan fingerprint density at radius 3 is 2.56 bits per heavy atom. The van der Waals surface area contributed by atoms with Crippen LogP contribution < -0.4 is 16.2 Å². The van der Waals surface area contributed by atoms with Gasteiger partial charge in [0.15, 0.2) is 0 Å². The third kappa shape index (κ3) is 2.23. The van der Waals surface area contributed by atoms with Crippen LogP contribution in [0.4, 0.5) is 0 Å². The Kier molecular flexibility index (Phi) is 3.64. The number of hydrogen-bond acceptors (Lipinski definition) is 4. The molecule has 1 aromatic heterocycles. The molecule has 96 valence electrons. The first-order valence-corrected chi connectivity index (χ1v) is 5.82. The highest BCUT2D eigenvalue weighted by molar-refractivity contribution is 5.39. The highest BCUT2D eigenvalue weighted by Crippen LogP contribution is 2.20. The molecule has 1 aromatic carbocycles. The van der Waals surface area contributed by atoms with Crippen molar-refractivity contribution in [1.82, 2.24) is 9.78 Å². The van der Waals surface area contributed by atoms with Gasteiger partial charge in [0.1, 0.15) is 5.75 Å². The van der Waals surface area contributed by atoms with Crippen LogP contribution >= 0.6 is 0 Å². The van der Waals surface area contributed by atoms with Crippen molar-refractivity contribution in [3.05, 3.63) is 41.7 Å². The summed E-state index contributed by atoms with van der Waals surface area (Å²) in [5, 5.41) is 4.35. The maximum atomic E-state index is 5.93. The molecule has 5 nitrogen and oxygen atoms in total. The molecule has 1 heterocycles. The summed E-state index contributed by atoms with van der Waals surface area (Å²) in [6, 6.07) is 7.54. The molecule has 0 amide bonds. The molecule has 0 bridgehead atoms. The molecule has 0 saturated heterocycles. The van der Waals surface area contributed by atoms with Crippen molar-refractivity contribution in [3.63, 3.8) is 0 Å². The zero-order valence-electron chi connectivity index (χ0n) is 10.6. The summed E-state index contributed by atoms with van der Waals surface area (Å²) in [5.41, 5.74) is 14.5. The molecule has 1 unspecified atom stereocenters. The predicted octanol–water partition coefficient (Wildman–Crippen LogP) is 1.15. The molecule has 0 aliphatic heterocycles. The summed E-state index contributed by atoms with van der Waals surface area (Å²) in [4.78, 5) is 0. The summed E-state index contributed by atoms with van der Waals surface area (Å²) in [5.74, 6) is 0.822. The number of ether oxygens (including phenoxy) is 1. The number of nitrogens with two attached hydrogens (primary N) is 2. The molecule has 0 aliphatic carbocycles. The van der Waals surface area contributed by atoms with Crippen LogP contribution in [0.25, 0.3) is 5.69 Å². The molecule has 1 atom stereocenters. The predicted molar refractivity (Wildman–Crippen MR) is 70.8 cm³/mol. The van der Waals surface area contributed by atoms with Crippen molar-refractivity contribution in [3.8, 4) is 11.4 Å². The molecule has 0 fully saturated rings. The first-order valence-electron chi connectivity index (χ1n) is 5.82. The Hall–Kier alpha value is -1.85. The summed E-state index contributed by atoms with van der Waals surface area (Å²) in [7, 11) is 1.65. The van der Waals surface area contributed by atoms with Crippen LogP contribution in [-0.4, -0.2) is 23.4 Å². The van der Waals surface area contributed by atoms with E-state index in [1.54, 1.807) is 13.3 Å². The summed E-state index contributed by atoms with van der Waals surface area (Å²) < 4.78 is 6.98. The second-order valence-electron chi connectivity index (χ2n) is 4.14. The number of benzene rings is 1. The smallest absolute Gasteiger partial charge is 0.119 e. The van der Waals surface area contributed by atoms with Crippen molar-refractivity contribution >= 4 is 0 Å². The first-order chi connectivity index (χ1) is 8.67. The molecule has 0 radical (unpaired) electrons. The lowest BCUT2D eigenvalue weighted by Crippen LogP contribution is -2.21. The van der Waals surface area contributed by atoms with E-state index in [0.29, 0.717) is 6.54 Å². The van der Waals surface area contributed by atoms with Gasteiger partial charge >= 0.3 is 0 Å². The number of hydrogen-bond donors (Lipinski definition) is 2. The third-order valence-corrected chi connectivity index (χ3v) is 3.02. The van der Waals surface area contributed by atoms with Gasteiger partial charge in [0.25, 0.3) is 0 Å². The normalized spacial score (nSPS) is 12.4. The van der Waals surface area contributed by atoms with Crippen molar-refractivity contribution < 1.29 is 4.74 Å². The lowest BCUT2D eigenvalue weighted by Gasteiger charge is -2.09. The fourth-order valence-electron chi connectivity index (χ4n) is 1.90. The largest absolute Gasteiger partial charge is 0.497 e. The van der Waals surface area contributed by atoms with Crippen molar-refractivity contribution in [2.24, 2.45) is 11.5 Å². The Balaban J connectivity index is 2.36. The van der Waals surface area contributed by atoms with Gasteiger partial charge in [-0.05, 0) is 31.2 Å². The maximum absolute atomic E-state index is 5.93. The highest BCUT2D eigenvalue weighted by Gasteiger charge is 2.13. The molecule has 0 saturated carbocycles. The van der Waals surface area contributed by atoms with E-state index in [9.17, 15) is 0 Å². The van der Waals surface area contributed by atoms with Crippen LogP contribution in [0.15, 0.2) is 30.5 Å². The first kappa shape index (κ1) is 12.6. The van der Waals surface area contributed by atoms with E-state index in [2.05, 4.69) is 5.10 Å². The number of rotatable bonds is 4. The van der Waals surface area contributed by atoms with E-state index in [1.165, 1.54) is 0 Å². The van der Waals surface area contributed by atoms with Crippen LogP contribution in [0.5, 0.6) is 5.75 Å². The standard InChI is InChI=1S/C13H18N4O/c1-9-12(13(15)7-14)8-16-17(9)10-3-5-11(18-2)6-4-10/h3-6,8,13H,7,14-15H2,1-2H3. The average Bonchev–Trinajstić information content (AvgIpc) is 2.80. The van der Waals surface area contributed by atoms with Gasteiger partial charge < -0.3 is 16.2 Å². The molecule has 2 aromatic rings. The Morgan fingerprint density at radius 1 is 1.33 bits per heavy atom. The van der Waals surface area contributed by atoms with Gasteiger partial charge in [-0.1, -0.05) is 0 Å². The second-order valence-corrected chi connectivity index (χ2v) is 4.14. The zero-order valence-corrected chi connectivity index (χ0v) is 10.6. The van der Waals surface area contributed by atoms with E-state index in [4.69, 9.17) is 16.2 Å². The van der Waals surface area contributed by atoms with E-state index >= 15 is 0 Å². The van der Waals surface area contributed by atoms with Gasteiger partial charge in [0, 0.05) is 23.8 Å². The van der Waals surface area contributed by atoms with E-state index in [1.807, 2.05) is 35.9 Å². The van der Waals surface area contributed by atoms with Crippen LogP contribution in [0.2, 0.25) is 0 Å². The Bertz CT molecular complexity index is 518. The van der Waals surface area contributed by atoms with Gasteiger partial charge in [0.2, 0.25) is 0 Å². The van der Waals surface area contributed by atoms with Gasteiger partial charge in [-0.15, -0.1) is 0 Å². The summed E-state index contributed by atoms with van der Waals surface area (Å²) in [6.07, 6.45) is 1.77. The zero-order chi connectivity index (χ0) is 13.1. The molecular formula is C13H18N4O.